The van der Waals surface area contributed by atoms with Crippen molar-refractivity contribution < 1.29 is 18.0 Å². The molecule has 12 heteroatoms. The fourth-order valence-electron chi connectivity index (χ4n) is 4.23. The van der Waals surface area contributed by atoms with Crippen LogP contribution in [0.15, 0.2) is 54.9 Å². The van der Waals surface area contributed by atoms with Crippen molar-refractivity contribution in [1.82, 2.24) is 24.4 Å². The first-order valence-corrected chi connectivity index (χ1v) is 11.1. The number of hydrogen-bond acceptors (Lipinski definition) is 6. The number of piperidine rings is 1. The zero-order chi connectivity index (χ0) is 24.5. The Labute approximate surface area is 198 Å². The minimum Gasteiger partial charge on any atom is -0.380 e. The van der Waals surface area contributed by atoms with Gasteiger partial charge in [0.2, 0.25) is 5.95 Å². The van der Waals surface area contributed by atoms with Crippen molar-refractivity contribution in [2.24, 2.45) is 7.05 Å². The van der Waals surface area contributed by atoms with Crippen LogP contribution in [-0.4, -0.2) is 55.6 Å². The highest BCUT2D eigenvalue weighted by atomic mass is 19.3. The lowest BCUT2D eigenvalue weighted by Gasteiger charge is -2.35. The van der Waals surface area contributed by atoms with E-state index in [9.17, 15) is 18.0 Å². The molecule has 1 fully saturated rings. The fraction of sp³-hybridized carbons (Fsp3) is 0.304. The summed E-state index contributed by atoms with van der Waals surface area (Å²) in [4.78, 5) is 19.0. The third-order valence-electron chi connectivity index (χ3n) is 5.76. The maximum atomic E-state index is 14.6. The summed E-state index contributed by atoms with van der Waals surface area (Å²) < 4.78 is 43.7. The third kappa shape index (κ3) is 4.77. The van der Waals surface area contributed by atoms with Crippen LogP contribution in [0.1, 0.15) is 29.0 Å². The molecule has 3 aromatic heterocycles. The predicted molar refractivity (Wildman–Crippen MR) is 125 cm³/mol. The molecule has 1 aliphatic heterocycles. The summed E-state index contributed by atoms with van der Waals surface area (Å²) >= 11 is 0. The van der Waals surface area contributed by atoms with Crippen LogP contribution >= 0.6 is 0 Å². The molecule has 5 rings (SSSR count). The Morgan fingerprint density at radius 3 is 2.69 bits per heavy atom. The molecule has 0 radical (unpaired) electrons. The van der Waals surface area contributed by atoms with Crippen molar-refractivity contribution in [1.29, 1.82) is 0 Å². The molecule has 1 saturated heterocycles. The number of anilines is 3. The molecule has 9 nitrogen and oxygen atoms in total. The summed E-state index contributed by atoms with van der Waals surface area (Å²) in [5.41, 5.74) is 0.956. The van der Waals surface area contributed by atoms with E-state index in [4.69, 9.17) is 0 Å². The Morgan fingerprint density at radius 2 is 1.91 bits per heavy atom. The second kappa shape index (κ2) is 9.28. The summed E-state index contributed by atoms with van der Waals surface area (Å²) in [6, 6.07) is 12.6. The van der Waals surface area contributed by atoms with Crippen LogP contribution in [-0.2, 0) is 7.05 Å². The lowest BCUT2D eigenvalue weighted by Crippen LogP contribution is -2.48. The molecule has 0 spiro atoms. The van der Waals surface area contributed by atoms with E-state index in [1.165, 1.54) is 34.7 Å². The van der Waals surface area contributed by atoms with Gasteiger partial charge in [0.25, 0.3) is 12.3 Å². The van der Waals surface area contributed by atoms with E-state index in [0.29, 0.717) is 18.5 Å². The number of nitrogens with zero attached hydrogens (tertiary/aromatic N) is 6. The molecule has 4 heterocycles. The molecule has 0 saturated carbocycles. The van der Waals surface area contributed by atoms with Gasteiger partial charge in [-0.3, -0.25) is 9.48 Å². The number of alkyl halides is 3. The van der Waals surface area contributed by atoms with Crippen LogP contribution in [0.25, 0.3) is 5.52 Å². The van der Waals surface area contributed by atoms with Gasteiger partial charge in [-0.1, -0.05) is 18.2 Å². The summed E-state index contributed by atoms with van der Waals surface area (Å²) in [6.45, 7) is 0.589. The Balaban J connectivity index is 1.38. The monoisotopic (exact) mass is 484 g/mol. The van der Waals surface area contributed by atoms with Gasteiger partial charge in [-0.2, -0.15) is 5.10 Å². The molecule has 2 atom stereocenters. The first kappa shape index (κ1) is 22.7. The molecule has 182 valence electrons. The number of carbonyl (C=O) groups is 1. The average Bonchev–Trinajstić information content (AvgIpc) is 3.42. The normalized spacial score (nSPS) is 18.3. The van der Waals surface area contributed by atoms with Crippen molar-refractivity contribution in [2.45, 2.75) is 25.1 Å². The second-order valence-electron chi connectivity index (χ2n) is 8.42. The summed E-state index contributed by atoms with van der Waals surface area (Å²) in [5.74, 6) is -0.366. The molecule has 0 bridgehead atoms. The predicted octanol–water partition coefficient (Wildman–Crippen LogP) is 3.68. The van der Waals surface area contributed by atoms with E-state index < -0.39 is 24.2 Å². The number of rotatable bonds is 6. The number of fused-ring (bicyclic) bond motifs is 1. The van der Waals surface area contributed by atoms with Gasteiger partial charge in [0.05, 0.1) is 23.9 Å². The van der Waals surface area contributed by atoms with Crippen molar-refractivity contribution in [3.05, 3.63) is 66.2 Å². The second-order valence-corrected chi connectivity index (χ2v) is 8.42. The van der Waals surface area contributed by atoms with Crippen LogP contribution in [0.5, 0.6) is 0 Å². The van der Waals surface area contributed by atoms with Crippen molar-refractivity contribution in [3.8, 4) is 0 Å². The molecule has 0 aliphatic carbocycles. The number of hydrogen-bond donors (Lipinski definition) is 2. The number of benzene rings is 1. The smallest absolute Gasteiger partial charge is 0.284 e. The average molecular weight is 484 g/mol. The molecule has 1 aliphatic rings. The van der Waals surface area contributed by atoms with Crippen LogP contribution in [0.3, 0.4) is 0 Å². The molecule has 2 N–H and O–H groups in total. The lowest BCUT2D eigenvalue weighted by atomic mass is 10.0. The summed E-state index contributed by atoms with van der Waals surface area (Å²) in [6.07, 6.45) is -0.730. The van der Waals surface area contributed by atoms with Crippen LogP contribution in [0.4, 0.5) is 30.5 Å². The number of aryl methyl sites for hydroxylation is 1. The molecule has 0 unspecified atom stereocenters. The van der Waals surface area contributed by atoms with E-state index in [2.05, 4.69) is 25.8 Å². The minimum absolute atomic E-state index is 0.0807. The lowest BCUT2D eigenvalue weighted by molar-refractivity contribution is 0.101. The highest BCUT2D eigenvalue weighted by Crippen LogP contribution is 2.26. The van der Waals surface area contributed by atoms with Gasteiger partial charge in [-0.05, 0) is 24.3 Å². The summed E-state index contributed by atoms with van der Waals surface area (Å²) in [5, 5.41) is 14.0. The van der Waals surface area contributed by atoms with Crippen molar-refractivity contribution in [2.75, 3.05) is 28.6 Å². The zero-order valence-electron chi connectivity index (χ0n) is 18.8. The van der Waals surface area contributed by atoms with E-state index in [-0.39, 0.29) is 29.9 Å². The topological polar surface area (TPSA) is 92.4 Å². The van der Waals surface area contributed by atoms with E-state index in [1.807, 2.05) is 30.3 Å². The van der Waals surface area contributed by atoms with Crippen molar-refractivity contribution in [3.63, 3.8) is 0 Å². The number of nitrogens with one attached hydrogen (secondary N) is 2. The Hall–Kier alpha value is -4.09. The Morgan fingerprint density at radius 1 is 1.11 bits per heavy atom. The number of para-hydroxylation sites is 1. The first-order chi connectivity index (χ1) is 16.9. The molecular weight excluding hydrogens is 461 g/mol. The van der Waals surface area contributed by atoms with Gasteiger partial charge in [-0.25, -0.2) is 22.7 Å². The number of amides is 1. The fourth-order valence-corrected chi connectivity index (χ4v) is 4.23. The van der Waals surface area contributed by atoms with Gasteiger partial charge < -0.3 is 15.5 Å². The van der Waals surface area contributed by atoms with Crippen LogP contribution < -0.4 is 15.5 Å². The SMILES string of the molecule is Cn1cc(NC(=O)c2ccc3cnc(N4C[C@H](F)C[C@@H](Nc5ccccc5)C4)nn23)c(C(F)F)n1. The first-order valence-electron chi connectivity index (χ1n) is 11.1. The number of halogens is 3. The number of carbonyl (C=O) groups excluding carboxylic acids is 1. The zero-order valence-corrected chi connectivity index (χ0v) is 18.8. The number of aromatic nitrogens is 5. The molecular formula is C23H23F3N8O. The third-order valence-corrected chi connectivity index (χ3v) is 5.76. The highest BCUT2D eigenvalue weighted by Gasteiger charge is 2.29. The molecule has 1 aromatic carbocycles. The van der Waals surface area contributed by atoms with Gasteiger partial charge in [0.1, 0.15) is 11.9 Å². The van der Waals surface area contributed by atoms with Crippen LogP contribution in [0.2, 0.25) is 0 Å². The van der Waals surface area contributed by atoms with Gasteiger partial charge >= 0.3 is 0 Å². The largest absolute Gasteiger partial charge is 0.380 e. The van der Waals surface area contributed by atoms with Gasteiger partial charge in [0, 0.05) is 37.9 Å². The standard InChI is InChI=1S/C23H23F3N8O/c1-32-13-18(20(30-32)21(25)26)29-22(35)19-8-7-17-10-27-23(31-34(17)19)33-11-14(24)9-16(12-33)28-15-5-3-2-4-6-15/h2-8,10,13-14,16,21,28H,9,11-12H2,1H3,(H,29,35)/t14-,16-/m1/s1. The Bertz CT molecular complexity index is 1340. The van der Waals surface area contributed by atoms with Crippen molar-refractivity contribution >= 4 is 28.7 Å². The Kier molecular flexibility index (Phi) is 6.01. The van der Waals surface area contributed by atoms with E-state index >= 15 is 0 Å². The summed E-state index contributed by atoms with van der Waals surface area (Å²) in [7, 11) is 1.49. The quantitative estimate of drug-likeness (QED) is 0.434. The van der Waals surface area contributed by atoms with Gasteiger partial charge in [-0.15, -0.1) is 5.10 Å². The van der Waals surface area contributed by atoms with Gasteiger partial charge in [0.15, 0.2) is 5.69 Å². The molecule has 35 heavy (non-hydrogen) atoms. The van der Waals surface area contributed by atoms with Crippen LogP contribution in [0, 0.1) is 0 Å². The molecule has 1 amide bonds. The highest BCUT2D eigenvalue weighted by molar-refractivity contribution is 6.04. The van der Waals surface area contributed by atoms with E-state index in [0.717, 1.165) is 5.69 Å². The minimum atomic E-state index is -2.84. The van der Waals surface area contributed by atoms with E-state index in [1.54, 1.807) is 11.0 Å². The maximum Gasteiger partial charge on any atom is 0.284 e. The maximum absolute atomic E-state index is 14.6. The molecule has 4 aromatic rings.